The van der Waals surface area contributed by atoms with Crippen molar-refractivity contribution >= 4 is 17.4 Å². The van der Waals surface area contributed by atoms with Gasteiger partial charge in [0.05, 0.1) is 18.1 Å². The first kappa shape index (κ1) is 16.1. The summed E-state index contributed by atoms with van der Waals surface area (Å²) < 4.78 is 5.26. The standard InChI is InChI=1S/C20H21NO4/c1-3-10-25-20(24)18-16-13-7-5-4-6-12(13)8-9-14(16)17-15(11(2)22)19(23)21(17)18/h3-7,11,14-15,17,22H,1,8-10H2,2H3/t11-,14+,15-,17-/m1/s1. The maximum absolute atomic E-state index is 12.7. The molecule has 5 nitrogen and oxygen atoms in total. The van der Waals surface area contributed by atoms with Crippen LogP contribution in [-0.2, 0) is 20.7 Å². The van der Waals surface area contributed by atoms with Gasteiger partial charge in [-0.1, -0.05) is 36.9 Å². The fourth-order valence-corrected chi connectivity index (χ4v) is 4.56. The molecule has 1 N–H and O–H groups in total. The highest BCUT2D eigenvalue weighted by molar-refractivity contribution is 6.07. The molecule has 0 bridgehead atoms. The Hall–Kier alpha value is -2.40. The highest BCUT2D eigenvalue weighted by Gasteiger charge is 2.61. The zero-order valence-electron chi connectivity index (χ0n) is 14.1. The van der Waals surface area contributed by atoms with Gasteiger partial charge >= 0.3 is 5.97 Å². The van der Waals surface area contributed by atoms with Gasteiger partial charge in [0, 0.05) is 5.92 Å². The number of hydrogen-bond acceptors (Lipinski definition) is 4. The maximum atomic E-state index is 12.7. The Bertz CT molecular complexity index is 795. The number of β-lactam (4-membered cyclic amide) rings is 1. The monoisotopic (exact) mass is 339 g/mol. The molecule has 5 heteroatoms. The molecule has 1 aliphatic carbocycles. The minimum Gasteiger partial charge on any atom is -0.457 e. The lowest BCUT2D eigenvalue weighted by Crippen LogP contribution is -2.64. The molecule has 0 saturated carbocycles. The van der Waals surface area contributed by atoms with Gasteiger partial charge in [-0.2, -0.15) is 0 Å². The fraction of sp³-hybridized carbons (Fsp3) is 0.400. The van der Waals surface area contributed by atoms with Crippen molar-refractivity contribution in [2.24, 2.45) is 11.8 Å². The smallest absolute Gasteiger partial charge is 0.355 e. The summed E-state index contributed by atoms with van der Waals surface area (Å²) in [6.45, 7) is 5.32. The van der Waals surface area contributed by atoms with E-state index in [1.807, 2.05) is 18.2 Å². The van der Waals surface area contributed by atoms with Crippen LogP contribution in [0.25, 0.3) is 5.57 Å². The third-order valence-electron chi connectivity index (χ3n) is 5.55. The molecule has 25 heavy (non-hydrogen) atoms. The third-order valence-corrected chi connectivity index (χ3v) is 5.55. The molecule has 0 spiro atoms. The topological polar surface area (TPSA) is 66.8 Å². The van der Waals surface area contributed by atoms with E-state index < -0.39 is 18.0 Å². The van der Waals surface area contributed by atoms with Crippen molar-refractivity contribution in [3.8, 4) is 0 Å². The highest BCUT2D eigenvalue weighted by atomic mass is 16.5. The molecule has 1 fully saturated rings. The number of fused-ring (bicyclic) bond motifs is 5. The number of carbonyl (C=O) groups is 2. The van der Waals surface area contributed by atoms with Crippen molar-refractivity contribution in [2.45, 2.75) is 31.9 Å². The van der Waals surface area contributed by atoms with E-state index in [4.69, 9.17) is 4.74 Å². The van der Waals surface area contributed by atoms with Crippen LogP contribution >= 0.6 is 0 Å². The van der Waals surface area contributed by atoms with Gasteiger partial charge in [0.1, 0.15) is 12.3 Å². The number of aliphatic hydroxyl groups excluding tert-OH is 1. The third kappa shape index (κ3) is 2.19. The average Bonchev–Trinajstić information content (AvgIpc) is 2.90. The summed E-state index contributed by atoms with van der Waals surface area (Å²) >= 11 is 0. The van der Waals surface area contributed by atoms with E-state index in [9.17, 15) is 14.7 Å². The molecule has 3 aliphatic rings. The van der Waals surface area contributed by atoms with Crippen molar-refractivity contribution in [1.82, 2.24) is 4.90 Å². The van der Waals surface area contributed by atoms with Crippen molar-refractivity contribution in [3.05, 3.63) is 53.7 Å². The van der Waals surface area contributed by atoms with E-state index in [0.29, 0.717) is 5.70 Å². The molecule has 130 valence electrons. The molecular weight excluding hydrogens is 318 g/mol. The van der Waals surface area contributed by atoms with Crippen LogP contribution in [0.3, 0.4) is 0 Å². The molecule has 0 unspecified atom stereocenters. The van der Waals surface area contributed by atoms with Crippen LogP contribution < -0.4 is 0 Å². The maximum Gasteiger partial charge on any atom is 0.355 e. The average molecular weight is 339 g/mol. The van der Waals surface area contributed by atoms with Gasteiger partial charge in [-0.15, -0.1) is 0 Å². The van der Waals surface area contributed by atoms with E-state index >= 15 is 0 Å². The number of aliphatic hydroxyl groups is 1. The minimum absolute atomic E-state index is 0.0680. The highest BCUT2D eigenvalue weighted by Crippen LogP contribution is 2.54. The number of nitrogens with zero attached hydrogens (tertiary/aromatic N) is 1. The Labute approximate surface area is 146 Å². The molecule has 0 aromatic heterocycles. The Morgan fingerprint density at radius 3 is 2.96 bits per heavy atom. The van der Waals surface area contributed by atoms with Gasteiger partial charge in [-0.3, -0.25) is 4.79 Å². The molecule has 1 saturated heterocycles. The summed E-state index contributed by atoms with van der Waals surface area (Å²) in [5.41, 5.74) is 3.46. The van der Waals surface area contributed by atoms with Gasteiger partial charge in [0.25, 0.3) is 0 Å². The second-order valence-electron chi connectivity index (χ2n) is 6.92. The van der Waals surface area contributed by atoms with Crippen LogP contribution in [0.15, 0.2) is 42.6 Å². The van der Waals surface area contributed by atoms with Gasteiger partial charge in [0.15, 0.2) is 0 Å². The lowest BCUT2D eigenvalue weighted by molar-refractivity contribution is -0.164. The predicted octanol–water partition coefficient (Wildman–Crippen LogP) is 1.91. The summed E-state index contributed by atoms with van der Waals surface area (Å²) in [7, 11) is 0. The van der Waals surface area contributed by atoms with E-state index in [-0.39, 0.29) is 24.5 Å². The predicted molar refractivity (Wildman–Crippen MR) is 92.1 cm³/mol. The van der Waals surface area contributed by atoms with Crippen LogP contribution in [-0.4, -0.2) is 40.6 Å². The number of esters is 1. The number of aryl methyl sites for hydroxylation is 1. The first-order valence-corrected chi connectivity index (χ1v) is 8.68. The molecule has 1 aromatic carbocycles. The SMILES string of the molecule is C=CCOC(=O)C1=C2c3ccccc3CC[C@@H]2[C@@H]2[C@@H]([C@@H](C)O)C(=O)N12. The quantitative estimate of drug-likeness (QED) is 0.517. The van der Waals surface area contributed by atoms with Gasteiger partial charge in [-0.25, -0.2) is 4.79 Å². The zero-order chi connectivity index (χ0) is 17.7. The Balaban J connectivity index is 1.83. The Morgan fingerprint density at radius 2 is 2.24 bits per heavy atom. The number of amides is 1. The zero-order valence-corrected chi connectivity index (χ0v) is 14.1. The van der Waals surface area contributed by atoms with Crippen molar-refractivity contribution < 1.29 is 19.4 Å². The largest absolute Gasteiger partial charge is 0.457 e. The molecule has 2 heterocycles. The van der Waals surface area contributed by atoms with E-state index in [1.165, 1.54) is 11.6 Å². The van der Waals surface area contributed by atoms with Crippen LogP contribution in [0.4, 0.5) is 0 Å². The van der Waals surface area contributed by atoms with Crippen LogP contribution in [0.2, 0.25) is 0 Å². The number of rotatable bonds is 4. The lowest BCUT2D eigenvalue weighted by atomic mass is 9.71. The van der Waals surface area contributed by atoms with Gasteiger partial charge in [-0.05, 0) is 36.5 Å². The van der Waals surface area contributed by atoms with Crippen LogP contribution in [0.5, 0.6) is 0 Å². The second kappa shape index (κ2) is 5.85. The fourth-order valence-electron chi connectivity index (χ4n) is 4.56. The molecular formula is C20H21NO4. The molecule has 4 rings (SSSR count). The van der Waals surface area contributed by atoms with Crippen molar-refractivity contribution in [3.63, 3.8) is 0 Å². The summed E-state index contributed by atoms with van der Waals surface area (Å²) in [6, 6.07) is 7.86. The van der Waals surface area contributed by atoms with Gasteiger partial charge < -0.3 is 14.7 Å². The molecule has 0 radical (unpaired) electrons. The minimum atomic E-state index is -0.726. The van der Waals surface area contributed by atoms with Crippen LogP contribution in [0.1, 0.15) is 24.5 Å². The van der Waals surface area contributed by atoms with Crippen LogP contribution in [0, 0.1) is 11.8 Å². The Morgan fingerprint density at radius 1 is 1.48 bits per heavy atom. The van der Waals surface area contributed by atoms with Crippen molar-refractivity contribution in [2.75, 3.05) is 6.61 Å². The number of ether oxygens (including phenoxy) is 1. The van der Waals surface area contributed by atoms with E-state index in [0.717, 1.165) is 24.0 Å². The van der Waals surface area contributed by atoms with E-state index in [2.05, 4.69) is 12.6 Å². The molecule has 1 aromatic rings. The normalized spacial score (nSPS) is 27.8. The number of hydrogen-bond donors (Lipinski definition) is 1. The Kier molecular flexibility index (Phi) is 3.76. The second-order valence-corrected chi connectivity index (χ2v) is 6.92. The first-order chi connectivity index (χ1) is 12.1. The number of benzene rings is 1. The first-order valence-electron chi connectivity index (χ1n) is 8.68. The van der Waals surface area contributed by atoms with E-state index in [1.54, 1.807) is 11.8 Å². The number of carbonyl (C=O) groups excluding carboxylic acids is 2. The summed E-state index contributed by atoms with van der Waals surface area (Å²) in [5, 5.41) is 10.0. The summed E-state index contributed by atoms with van der Waals surface area (Å²) in [6.07, 6.45) is 2.56. The van der Waals surface area contributed by atoms with Crippen molar-refractivity contribution in [1.29, 1.82) is 0 Å². The summed E-state index contributed by atoms with van der Waals surface area (Å²) in [4.78, 5) is 26.9. The summed E-state index contributed by atoms with van der Waals surface area (Å²) in [5.74, 6) is -1.06. The molecule has 2 aliphatic heterocycles. The lowest BCUT2D eigenvalue weighted by Gasteiger charge is -2.47. The van der Waals surface area contributed by atoms with Gasteiger partial charge in [0.2, 0.25) is 5.91 Å². The molecule has 4 atom stereocenters. The molecule has 1 amide bonds.